The topological polar surface area (TPSA) is 75.7 Å². The van der Waals surface area contributed by atoms with Gasteiger partial charge in [-0.3, -0.25) is 5.73 Å². The lowest BCUT2D eigenvalue weighted by molar-refractivity contribution is -0.0805. The van der Waals surface area contributed by atoms with Gasteiger partial charge < -0.3 is 14.9 Å². The van der Waals surface area contributed by atoms with Crippen molar-refractivity contribution in [3.63, 3.8) is 0 Å². The molecule has 0 amide bonds. The monoisotopic (exact) mass is 157 g/mol. The predicted molar refractivity (Wildman–Crippen MR) is 35.3 cm³/mol. The van der Waals surface area contributed by atoms with E-state index in [1.54, 1.807) is 0 Å². The normalized spacial score (nSPS) is 10.7. The second-order valence-corrected chi connectivity index (χ2v) is 1.59. The summed E-state index contributed by atoms with van der Waals surface area (Å²) in [5, 5.41) is 16.8. The summed E-state index contributed by atoms with van der Waals surface area (Å²) in [5.74, 6) is 0. The zero-order valence-electron chi connectivity index (χ0n) is 5.20. The fourth-order valence-electron chi connectivity index (χ4n) is 0.179. The first-order chi connectivity index (χ1) is 3.68. The van der Waals surface area contributed by atoms with E-state index in [1.807, 2.05) is 0 Å². The number of rotatable bonds is 3. The van der Waals surface area contributed by atoms with Gasteiger partial charge in [0.25, 0.3) is 0 Å². The smallest absolute Gasteiger partial charge is 0.162 e. The first kappa shape index (κ1) is 11.9. The molecule has 0 spiro atoms. The highest BCUT2D eigenvalue weighted by Gasteiger charge is 2.20. The van der Waals surface area contributed by atoms with Crippen LogP contribution in [-0.2, 0) is 4.74 Å². The van der Waals surface area contributed by atoms with Crippen molar-refractivity contribution in [2.24, 2.45) is 5.73 Å². The van der Waals surface area contributed by atoms with Gasteiger partial charge in [0.15, 0.2) is 5.72 Å². The average Bonchev–Trinajstić information content (AvgIpc) is 1.87. The maximum atomic E-state index is 8.38. The SMILES string of the molecule is COC(N)(CO)CO.Cl. The maximum absolute atomic E-state index is 8.38. The second-order valence-electron chi connectivity index (χ2n) is 1.59. The van der Waals surface area contributed by atoms with Crippen LogP contribution in [0.4, 0.5) is 0 Å². The Labute approximate surface area is 60.0 Å². The van der Waals surface area contributed by atoms with Crippen LogP contribution in [0.5, 0.6) is 0 Å². The minimum absolute atomic E-state index is 0. The quantitative estimate of drug-likeness (QED) is 0.445. The number of nitrogens with two attached hydrogens (primary N) is 1. The molecule has 0 saturated heterocycles. The van der Waals surface area contributed by atoms with Crippen molar-refractivity contribution >= 4 is 12.4 Å². The summed E-state index contributed by atoms with van der Waals surface area (Å²) in [5.41, 5.74) is 3.91. The summed E-state index contributed by atoms with van der Waals surface area (Å²) >= 11 is 0. The number of aliphatic hydroxyl groups is 2. The number of ether oxygens (including phenoxy) is 1. The van der Waals surface area contributed by atoms with Crippen molar-refractivity contribution in [2.45, 2.75) is 5.72 Å². The number of hydrogen-bond donors (Lipinski definition) is 3. The highest BCUT2D eigenvalue weighted by Crippen LogP contribution is 1.95. The fourth-order valence-corrected chi connectivity index (χ4v) is 0.179. The summed E-state index contributed by atoms with van der Waals surface area (Å²) in [6.07, 6.45) is 0. The van der Waals surface area contributed by atoms with Crippen molar-refractivity contribution < 1.29 is 14.9 Å². The summed E-state index contributed by atoms with van der Waals surface area (Å²) < 4.78 is 4.51. The van der Waals surface area contributed by atoms with E-state index in [0.29, 0.717) is 0 Å². The molecule has 4 nitrogen and oxygen atoms in total. The van der Waals surface area contributed by atoms with Crippen molar-refractivity contribution in [3.05, 3.63) is 0 Å². The van der Waals surface area contributed by atoms with Crippen LogP contribution >= 0.6 is 12.4 Å². The molecule has 0 aliphatic heterocycles. The van der Waals surface area contributed by atoms with E-state index in [0.717, 1.165) is 0 Å². The van der Waals surface area contributed by atoms with Gasteiger partial charge in [0.05, 0.1) is 13.2 Å². The first-order valence-electron chi connectivity index (χ1n) is 2.24. The Hall–Kier alpha value is 0.130. The number of halogens is 1. The van der Waals surface area contributed by atoms with Crippen molar-refractivity contribution in [1.29, 1.82) is 0 Å². The molecule has 0 aromatic carbocycles. The lowest BCUT2D eigenvalue weighted by Gasteiger charge is -2.21. The van der Waals surface area contributed by atoms with E-state index in [-0.39, 0.29) is 25.6 Å². The lowest BCUT2D eigenvalue weighted by Crippen LogP contribution is -2.48. The summed E-state index contributed by atoms with van der Waals surface area (Å²) in [4.78, 5) is 0. The molecule has 0 rings (SSSR count). The van der Waals surface area contributed by atoms with E-state index in [2.05, 4.69) is 4.74 Å². The fraction of sp³-hybridized carbons (Fsp3) is 1.00. The predicted octanol–water partition coefficient (Wildman–Crippen LogP) is -1.31. The molecule has 0 atom stereocenters. The molecule has 0 aromatic heterocycles. The Kier molecular flexibility index (Phi) is 6.54. The van der Waals surface area contributed by atoms with Gasteiger partial charge in [-0.05, 0) is 0 Å². The third-order valence-electron chi connectivity index (χ3n) is 0.942. The molecule has 4 N–H and O–H groups in total. The Bertz CT molecular complexity index is 58.6. The van der Waals surface area contributed by atoms with E-state index in [1.165, 1.54) is 7.11 Å². The average molecular weight is 158 g/mol. The van der Waals surface area contributed by atoms with Gasteiger partial charge >= 0.3 is 0 Å². The van der Waals surface area contributed by atoms with Crippen molar-refractivity contribution in [1.82, 2.24) is 0 Å². The molecular weight excluding hydrogens is 146 g/mol. The zero-order chi connectivity index (χ0) is 6.62. The van der Waals surface area contributed by atoms with Gasteiger partial charge in [-0.25, -0.2) is 0 Å². The Morgan fingerprint density at radius 3 is 1.78 bits per heavy atom. The Morgan fingerprint density at radius 2 is 1.78 bits per heavy atom. The van der Waals surface area contributed by atoms with Crippen molar-refractivity contribution in [2.75, 3.05) is 20.3 Å². The number of aliphatic hydroxyl groups excluding tert-OH is 2. The molecule has 0 unspecified atom stereocenters. The van der Waals surface area contributed by atoms with Crippen LogP contribution in [0.1, 0.15) is 0 Å². The third-order valence-corrected chi connectivity index (χ3v) is 0.942. The molecule has 0 fully saturated rings. The van der Waals surface area contributed by atoms with Crippen LogP contribution in [-0.4, -0.2) is 36.3 Å². The van der Waals surface area contributed by atoms with E-state index < -0.39 is 5.72 Å². The van der Waals surface area contributed by atoms with Gasteiger partial charge in [-0.2, -0.15) is 0 Å². The summed E-state index contributed by atoms with van der Waals surface area (Å²) in [6.45, 7) is -0.750. The van der Waals surface area contributed by atoms with Gasteiger partial charge in [-0.1, -0.05) is 0 Å². The van der Waals surface area contributed by atoms with E-state index >= 15 is 0 Å². The maximum Gasteiger partial charge on any atom is 0.162 e. The molecule has 0 heterocycles. The van der Waals surface area contributed by atoms with Gasteiger partial charge in [-0.15, -0.1) is 12.4 Å². The molecule has 5 heteroatoms. The highest BCUT2D eigenvalue weighted by atomic mass is 35.5. The number of hydrogen-bond acceptors (Lipinski definition) is 4. The van der Waals surface area contributed by atoms with E-state index in [4.69, 9.17) is 15.9 Å². The molecule has 0 bridgehead atoms. The third kappa shape index (κ3) is 3.66. The molecule has 0 aromatic rings. The van der Waals surface area contributed by atoms with Gasteiger partial charge in [0, 0.05) is 7.11 Å². The molecule has 0 radical (unpaired) electrons. The Morgan fingerprint density at radius 1 is 1.44 bits per heavy atom. The van der Waals surface area contributed by atoms with Gasteiger partial charge in [0.1, 0.15) is 0 Å². The summed E-state index contributed by atoms with van der Waals surface area (Å²) in [6, 6.07) is 0. The molecular formula is C4H12ClNO3. The van der Waals surface area contributed by atoms with Crippen LogP contribution in [0.2, 0.25) is 0 Å². The molecule has 0 aliphatic rings. The lowest BCUT2D eigenvalue weighted by atomic mass is 10.3. The standard InChI is InChI=1S/C4H11NO3.ClH/c1-8-4(5,2-6)3-7;/h6-7H,2-3,5H2,1H3;1H. The highest BCUT2D eigenvalue weighted by molar-refractivity contribution is 5.85. The molecule has 0 aliphatic carbocycles. The molecule has 58 valence electrons. The second kappa shape index (κ2) is 4.96. The van der Waals surface area contributed by atoms with Gasteiger partial charge in [0.2, 0.25) is 0 Å². The largest absolute Gasteiger partial charge is 0.392 e. The minimum Gasteiger partial charge on any atom is -0.392 e. The van der Waals surface area contributed by atoms with Crippen molar-refractivity contribution in [3.8, 4) is 0 Å². The van der Waals surface area contributed by atoms with Crippen LogP contribution < -0.4 is 5.73 Å². The van der Waals surface area contributed by atoms with E-state index in [9.17, 15) is 0 Å². The summed E-state index contributed by atoms with van der Waals surface area (Å²) in [7, 11) is 1.33. The molecule has 9 heavy (non-hydrogen) atoms. The van der Waals surface area contributed by atoms with Crippen LogP contribution in [0.25, 0.3) is 0 Å². The Balaban J connectivity index is 0. The van der Waals surface area contributed by atoms with Crippen LogP contribution in [0.3, 0.4) is 0 Å². The zero-order valence-corrected chi connectivity index (χ0v) is 6.02. The van der Waals surface area contributed by atoms with Crippen LogP contribution in [0, 0.1) is 0 Å². The first-order valence-corrected chi connectivity index (χ1v) is 2.24. The molecule has 0 saturated carbocycles. The van der Waals surface area contributed by atoms with Crippen LogP contribution in [0.15, 0.2) is 0 Å². The number of methoxy groups -OCH3 is 1. The minimum atomic E-state index is -1.26.